The van der Waals surface area contributed by atoms with E-state index in [1.54, 1.807) is 0 Å². The van der Waals surface area contributed by atoms with Crippen molar-refractivity contribution >= 4 is 5.69 Å². The SMILES string of the molecule is CC(C)C.Nc1ccccc1. The maximum atomic E-state index is 5.36. The Morgan fingerprint density at radius 1 is 1.00 bits per heavy atom. The molecule has 0 aliphatic heterocycles. The highest BCUT2D eigenvalue weighted by Crippen LogP contribution is 1.95. The largest absolute Gasteiger partial charge is 0.399 e. The van der Waals surface area contributed by atoms with Gasteiger partial charge in [-0.1, -0.05) is 39.0 Å². The predicted octanol–water partition coefficient (Wildman–Crippen LogP) is 2.93. The molecule has 1 nitrogen and oxygen atoms in total. The number of nitrogens with two attached hydrogens (primary N) is 1. The van der Waals surface area contributed by atoms with E-state index in [4.69, 9.17) is 5.73 Å². The van der Waals surface area contributed by atoms with Gasteiger partial charge in [0.15, 0.2) is 0 Å². The van der Waals surface area contributed by atoms with Crippen LogP contribution in [0.2, 0.25) is 0 Å². The van der Waals surface area contributed by atoms with Crippen molar-refractivity contribution in [1.82, 2.24) is 0 Å². The summed E-state index contributed by atoms with van der Waals surface area (Å²) in [5, 5.41) is 0. The minimum atomic E-state index is 0.822. The zero-order chi connectivity index (χ0) is 8.69. The smallest absolute Gasteiger partial charge is 0.0313 e. The van der Waals surface area contributed by atoms with Gasteiger partial charge in [-0.15, -0.1) is 0 Å². The van der Waals surface area contributed by atoms with Crippen molar-refractivity contribution in [2.24, 2.45) is 5.92 Å². The van der Waals surface area contributed by atoms with E-state index in [1.165, 1.54) is 0 Å². The zero-order valence-corrected chi connectivity index (χ0v) is 7.54. The maximum Gasteiger partial charge on any atom is 0.0313 e. The molecule has 0 radical (unpaired) electrons. The van der Waals surface area contributed by atoms with Gasteiger partial charge in [-0.3, -0.25) is 0 Å². The summed E-state index contributed by atoms with van der Waals surface area (Å²) in [6.45, 7) is 6.50. The van der Waals surface area contributed by atoms with Crippen LogP contribution in [-0.4, -0.2) is 0 Å². The van der Waals surface area contributed by atoms with Crippen LogP contribution in [0.1, 0.15) is 20.8 Å². The van der Waals surface area contributed by atoms with Crippen LogP contribution in [0, 0.1) is 5.92 Å². The van der Waals surface area contributed by atoms with Crippen molar-refractivity contribution in [2.45, 2.75) is 20.8 Å². The number of anilines is 1. The number of nitrogen functional groups attached to an aromatic ring is 1. The van der Waals surface area contributed by atoms with Crippen LogP contribution in [0.15, 0.2) is 30.3 Å². The van der Waals surface area contributed by atoms with E-state index in [0.717, 1.165) is 11.6 Å². The van der Waals surface area contributed by atoms with Crippen LogP contribution < -0.4 is 5.73 Å². The van der Waals surface area contributed by atoms with Crippen molar-refractivity contribution in [1.29, 1.82) is 0 Å². The third kappa shape index (κ3) is 9.02. The van der Waals surface area contributed by atoms with Crippen molar-refractivity contribution in [2.75, 3.05) is 5.73 Å². The third-order valence-electron chi connectivity index (χ3n) is 0.800. The van der Waals surface area contributed by atoms with Crippen molar-refractivity contribution in [3.8, 4) is 0 Å². The molecule has 0 spiro atoms. The van der Waals surface area contributed by atoms with E-state index >= 15 is 0 Å². The van der Waals surface area contributed by atoms with Crippen LogP contribution in [0.25, 0.3) is 0 Å². The first-order valence-electron chi connectivity index (χ1n) is 3.93. The summed E-state index contributed by atoms with van der Waals surface area (Å²) in [6.07, 6.45) is 0. The monoisotopic (exact) mass is 151 g/mol. The summed E-state index contributed by atoms with van der Waals surface area (Å²) < 4.78 is 0. The summed E-state index contributed by atoms with van der Waals surface area (Å²) in [7, 11) is 0. The van der Waals surface area contributed by atoms with Crippen LogP contribution in [0.4, 0.5) is 5.69 Å². The van der Waals surface area contributed by atoms with Gasteiger partial charge in [0.2, 0.25) is 0 Å². The normalized spacial score (nSPS) is 8.73. The third-order valence-corrected chi connectivity index (χ3v) is 0.800. The Kier molecular flexibility index (Phi) is 5.26. The summed E-state index contributed by atoms with van der Waals surface area (Å²) >= 11 is 0. The molecule has 0 saturated carbocycles. The first-order chi connectivity index (χ1) is 5.13. The molecule has 0 fully saturated rings. The van der Waals surface area contributed by atoms with Gasteiger partial charge in [-0.05, 0) is 18.1 Å². The van der Waals surface area contributed by atoms with Crippen molar-refractivity contribution in [3.63, 3.8) is 0 Å². The fraction of sp³-hybridized carbons (Fsp3) is 0.400. The molecule has 0 amide bonds. The second-order valence-electron chi connectivity index (χ2n) is 3.14. The Bertz CT molecular complexity index is 165. The quantitative estimate of drug-likeness (QED) is 0.567. The Balaban J connectivity index is 0.000000218. The Morgan fingerprint density at radius 2 is 1.36 bits per heavy atom. The zero-order valence-electron chi connectivity index (χ0n) is 7.54. The van der Waals surface area contributed by atoms with Gasteiger partial charge < -0.3 is 5.73 Å². The molecular formula is C10H17N. The number of hydrogen-bond acceptors (Lipinski definition) is 1. The summed E-state index contributed by atoms with van der Waals surface area (Å²) in [5.74, 6) is 0.833. The topological polar surface area (TPSA) is 26.0 Å². The van der Waals surface area contributed by atoms with Gasteiger partial charge in [0.05, 0.1) is 0 Å². The molecule has 0 aliphatic rings. The Hall–Kier alpha value is -0.980. The summed E-state index contributed by atoms with van der Waals surface area (Å²) in [6, 6.07) is 9.49. The van der Waals surface area contributed by atoms with Crippen LogP contribution in [-0.2, 0) is 0 Å². The molecule has 1 aromatic carbocycles. The van der Waals surface area contributed by atoms with E-state index in [2.05, 4.69) is 20.8 Å². The fourth-order valence-electron chi connectivity index (χ4n) is 0.453. The minimum Gasteiger partial charge on any atom is -0.399 e. The molecule has 2 N–H and O–H groups in total. The summed E-state index contributed by atoms with van der Waals surface area (Å²) in [4.78, 5) is 0. The van der Waals surface area contributed by atoms with E-state index in [0.29, 0.717) is 0 Å². The molecule has 11 heavy (non-hydrogen) atoms. The van der Waals surface area contributed by atoms with E-state index in [-0.39, 0.29) is 0 Å². The molecule has 1 rings (SSSR count). The summed E-state index contributed by atoms with van der Waals surface area (Å²) in [5.41, 5.74) is 6.18. The molecule has 1 heteroatoms. The van der Waals surface area contributed by atoms with Gasteiger partial charge in [-0.25, -0.2) is 0 Å². The molecule has 0 aromatic heterocycles. The van der Waals surface area contributed by atoms with Gasteiger partial charge in [0.25, 0.3) is 0 Å². The second-order valence-corrected chi connectivity index (χ2v) is 3.14. The van der Waals surface area contributed by atoms with Crippen LogP contribution in [0.3, 0.4) is 0 Å². The van der Waals surface area contributed by atoms with Gasteiger partial charge in [-0.2, -0.15) is 0 Å². The molecule has 0 unspecified atom stereocenters. The van der Waals surface area contributed by atoms with Gasteiger partial charge in [0.1, 0.15) is 0 Å². The first-order valence-corrected chi connectivity index (χ1v) is 3.93. The number of benzene rings is 1. The standard InChI is InChI=1S/C6H7N.C4H10/c7-6-4-2-1-3-5-6;1-4(2)3/h1-5H,7H2;4H,1-3H3. The van der Waals surface area contributed by atoms with Crippen LogP contribution in [0.5, 0.6) is 0 Å². The number of hydrogen-bond donors (Lipinski definition) is 1. The molecule has 0 bridgehead atoms. The van der Waals surface area contributed by atoms with Gasteiger partial charge >= 0.3 is 0 Å². The Labute approximate surface area is 69.2 Å². The number of rotatable bonds is 0. The molecule has 0 aliphatic carbocycles. The first kappa shape index (κ1) is 10.0. The molecule has 62 valence electrons. The molecular weight excluding hydrogens is 134 g/mol. The predicted molar refractivity (Wildman–Crippen MR) is 51.4 cm³/mol. The van der Waals surface area contributed by atoms with Crippen molar-refractivity contribution < 1.29 is 0 Å². The highest BCUT2D eigenvalue weighted by molar-refractivity contribution is 5.35. The molecule has 0 heterocycles. The maximum absolute atomic E-state index is 5.36. The van der Waals surface area contributed by atoms with Crippen molar-refractivity contribution in [3.05, 3.63) is 30.3 Å². The Morgan fingerprint density at radius 3 is 1.55 bits per heavy atom. The lowest BCUT2D eigenvalue weighted by molar-refractivity contribution is 0.737. The van der Waals surface area contributed by atoms with E-state index in [9.17, 15) is 0 Å². The molecule has 0 atom stereocenters. The van der Waals surface area contributed by atoms with Crippen LogP contribution >= 0.6 is 0 Å². The lowest BCUT2D eigenvalue weighted by Crippen LogP contribution is -1.79. The lowest BCUT2D eigenvalue weighted by Gasteiger charge is -1.83. The molecule has 0 saturated heterocycles. The van der Waals surface area contributed by atoms with Gasteiger partial charge in [0, 0.05) is 5.69 Å². The molecule has 1 aromatic rings. The van der Waals surface area contributed by atoms with E-state index < -0.39 is 0 Å². The highest BCUT2D eigenvalue weighted by atomic mass is 14.5. The number of para-hydroxylation sites is 1. The lowest BCUT2D eigenvalue weighted by atomic mass is 10.3. The minimum absolute atomic E-state index is 0.822. The average Bonchev–Trinajstić information content (AvgIpc) is 1.87. The fourth-order valence-corrected chi connectivity index (χ4v) is 0.453. The second kappa shape index (κ2) is 5.78. The van der Waals surface area contributed by atoms with E-state index in [1.807, 2.05) is 30.3 Å². The average molecular weight is 151 g/mol. The highest BCUT2D eigenvalue weighted by Gasteiger charge is 1.72.